The third-order valence-electron chi connectivity index (χ3n) is 5.37. The van der Waals surface area contributed by atoms with Gasteiger partial charge in [0, 0.05) is 12.2 Å². The molecule has 3 atom stereocenters. The molecule has 1 aliphatic heterocycles. The van der Waals surface area contributed by atoms with E-state index in [1.165, 1.54) is 12.1 Å². The predicted octanol–water partition coefficient (Wildman–Crippen LogP) is 3.58. The first kappa shape index (κ1) is 25.4. The summed E-state index contributed by atoms with van der Waals surface area (Å²) in [6.45, 7) is -0.228. The van der Waals surface area contributed by atoms with Gasteiger partial charge in [0.1, 0.15) is 11.9 Å². The molecule has 11 heteroatoms. The maximum Gasteiger partial charge on any atom is 0.416 e. The highest BCUT2D eigenvalue weighted by molar-refractivity contribution is 5.89. The van der Waals surface area contributed by atoms with Gasteiger partial charge in [-0.3, -0.25) is 4.79 Å². The number of amides is 3. The van der Waals surface area contributed by atoms with Crippen molar-refractivity contribution in [2.45, 2.75) is 50.2 Å². The van der Waals surface area contributed by atoms with E-state index in [2.05, 4.69) is 16.0 Å². The summed E-state index contributed by atoms with van der Waals surface area (Å²) >= 11 is 0. The van der Waals surface area contributed by atoms with E-state index in [1.807, 2.05) is 0 Å². The number of halogens is 4. The molecule has 2 aromatic carbocycles. The number of hydrogen-bond donors (Lipinski definition) is 4. The van der Waals surface area contributed by atoms with Crippen LogP contribution in [0, 0.1) is 5.82 Å². The van der Waals surface area contributed by atoms with Crippen molar-refractivity contribution < 1.29 is 37.0 Å². The molecule has 4 N–H and O–H groups in total. The van der Waals surface area contributed by atoms with Gasteiger partial charge in [0.05, 0.1) is 30.7 Å². The van der Waals surface area contributed by atoms with Crippen LogP contribution in [0.4, 0.5) is 28.0 Å². The molecule has 3 rings (SSSR count). The largest absolute Gasteiger partial charge is 0.416 e. The molecule has 0 aliphatic carbocycles. The maximum absolute atomic E-state index is 13.2. The Morgan fingerprint density at radius 3 is 2.47 bits per heavy atom. The summed E-state index contributed by atoms with van der Waals surface area (Å²) in [5.74, 6) is -0.688. The van der Waals surface area contributed by atoms with Crippen LogP contribution in [0.25, 0.3) is 0 Å². The summed E-state index contributed by atoms with van der Waals surface area (Å²) in [5.41, 5.74) is -0.0319. The highest BCUT2D eigenvalue weighted by Crippen LogP contribution is 2.30. The van der Waals surface area contributed by atoms with Gasteiger partial charge in [-0.1, -0.05) is 12.1 Å². The minimum absolute atomic E-state index is 0.0380. The van der Waals surface area contributed by atoms with Crippen LogP contribution in [0.3, 0.4) is 0 Å². The highest BCUT2D eigenvalue weighted by Gasteiger charge is 2.33. The molecule has 2 aromatic rings. The van der Waals surface area contributed by atoms with Crippen LogP contribution in [0.2, 0.25) is 0 Å². The summed E-state index contributed by atoms with van der Waals surface area (Å²) in [6.07, 6.45) is -4.80. The molecule has 7 nitrogen and oxygen atoms in total. The molecule has 0 radical (unpaired) electrons. The Balaban J connectivity index is 1.45. The second kappa shape index (κ2) is 11.3. The normalized spacial score (nSPS) is 20.4. The number of alkyl halides is 3. The Hall–Kier alpha value is -3.18. The van der Waals surface area contributed by atoms with E-state index in [9.17, 15) is 32.3 Å². The summed E-state index contributed by atoms with van der Waals surface area (Å²) in [6, 6.07) is 8.67. The van der Waals surface area contributed by atoms with E-state index in [-0.39, 0.29) is 24.6 Å². The second-order valence-corrected chi connectivity index (χ2v) is 7.95. The van der Waals surface area contributed by atoms with Crippen molar-refractivity contribution in [3.05, 3.63) is 65.5 Å². The summed E-state index contributed by atoms with van der Waals surface area (Å²) in [4.78, 5) is 24.5. The first-order valence-electron chi connectivity index (χ1n) is 10.7. The zero-order valence-corrected chi connectivity index (χ0v) is 18.1. The molecule has 1 aliphatic rings. The molecule has 1 saturated heterocycles. The van der Waals surface area contributed by atoms with Crippen molar-refractivity contribution in [3.63, 3.8) is 0 Å². The fraction of sp³-hybridized carbons (Fsp3) is 0.391. The third-order valence-corrected chi connectivity index (χ3v) is 5.37. The molecule has 0 spiro atoms. The molecule has 1 fully saturated rings. The number of ether oxygens (including phenoxy) is 1. The molecular formula is C23H25F4N3O4. The number of carbonyl (C=O) groups is 2. The van der Waals surface area contributed by atoms with Crippen molar-refractivity contribution in [3.8, 4) is 0 Å². The predicted molar refractivity (Wildman–Crippen MR) is 115 cm³/mol. The molecule has 184 valence electrons. The smallest absolute Gasteiger partial charge is 0.394 e. The van der Waals surface area contributed by atoms with Crippen LogP contribution in [0.15, 0.2) is 48.5 Å². The molecule has 3 amide bonds. The Morgan fingerprint density at radius 1 is 1.09 bits per heavy atom. The zero-order chi connectivity index (χ0) is 24.7. The zero-order valence-electron chi connectivity index (χ0n) is 18.1. The minimum atomic E-state index is -4.47. The van der Waals surface area contributed by atoms with Gasteiger partial charge in [0.2, 0.25) is 5.91 Å². The van der Waals surface area contributed by atoms with Gasteiger partial charge in [0.15, 0.2) is 0 Å². The number of hydrogen-bond acceptors (Lipinski definition) is 4. The van der Waals surface area contributed by atoms with E-state index in [0.29, 0.717) is 18.4 Å². The van der Waals surface area contributed by atoms with Crippen molar-refractivity contribution in [1.29, 1.82) is 0 Å². The SMILES string of the molecule is O=C(C[C@H]1CC[C@@H](NC(=O)Nc2ccc(C(F)(F)F)cc2)[C@@H](CO)O1)NCc1cccc(F)c1. The van der Waals surface area contributed by atoms with Crippen molar-refractivity contribution >= 4 is 17.6 Å². The molecule has 0 bridgehead atoms. The number of benzene rings is 2. The Kier molecular flexibility index (Phi) is 8.46. The topological polar surface area (TPSA) is 99.7 Å². The van der Waals surface area contributed by atoms with Crippen LogP contribution in [0.5, 0.6) is 0 Å². The van der Waals surface area contributed by atoms with Crippen LogP contribution >= 0.6 is 0 Å². The van der Waals surface area contributed by atoms with Gasteiger partial charge in [0.25, 0.3) is 0 Å². The lowest BCUT2D eigenvalue weighted by Gasteiger charge is -2.35. The van der Waals surface area contributed by atoms with Crippen molar-refractivity contribution in [2.24, 2.45) is 0 Å². The third kappa shape index (κ3) is 7.42. The fourth-order valence-electron chi connectivity index (χ4n) is 3.65. The van der Waals surface area contributed by atoms with Crippen LogP contribution in [0.1, 0.15) is 30.4 Å². The fourth-order valence-corrected chi connectivity index (χ4v) is 3.65. The van der Waals surface area contributed by atoms with Gasteiger partial charge in [-0.2, -0.15) is 13.2 Å². The van der Waals surface area contributed by atoms with Crippen LogP contribution < -0.4 is 16.0 Å². The Morgan fingerprint density at radius 2 is 1.82 bits per heavy atom. The number of urea groups is 1. The van der Waals surface area contributed by atoms with Gasteiger partial charge in [-0.25, -0.2) is 9.18 Å². The molecule has 0 saturated carbocycles. The lowest BCUT2D eigenvalue weighted by molar-refractivity contribution is -0.137. The van der Waals surface area contributed by atoms with Gasteiger partial charge >= 0.3 is 12.2 Å². The maximum atomic E-state index is 13.2. The minimum Gasteiger partial charge on any atom is -0.394 e. The lowest BCUT2D eigenvalue weighted by Crippen LogP contribution is -2.52. The number of aliphatic hydroxyl groups is 1. The first-order valence-corrected chi connectivity index (χ1v) is 10.7. The van der Waals surface area contributed by atoms with E-state index >= 15 is 0 Å². The highest BCUT2D eigenvalue weighted by atomic mass is 19.4. The van der Waals surface area contributed by atoms with Gasteiger partial charge < -0.3 is 25.8 Å². The molecule has 0 aromatic heterocycles. The van der Waals surface area contributed by atoms with Crippen LogP contribution in [-0.2, 0) is 22.3 Å². The van der Waals surface area contributed by atoms with Gasteiger partial charge in [-0.15, -0.1) is 0 Å². The standard InChI is InChI=1S/C23H25F4N3O4/c24-16-3-1-2-14(10-16)12-28-21(32)11-18-8-9-19(20(13-31)34-18)30-22(33)29-17-6-4-15(5-7-17)23(25,26)27/h1-7,10,18-20,31H,8-9,11-13H2,(H,28,32)(H2,29,30,33)/t18-,19-,20-/m1/s1. The van der Waals surface area contributed by atoms with Crippen molar-refractivity contribution in [1.82, 2.24) is 10.6 Å². The van der Waals surface area contributed by atoms with E-state index in [4.69, 9.17) is 4.74 Å². The number of aliphatic hydroxyl groups excluding tert-OH is 1. The Labute approximate surface area is 193 Å². The van der Waals surface area contributed by atoms with Crippen molar-refractivity contribution in [2.75, 3.05) is 11.9 Å². The quantitative estimate of drug-likeness (QED) is 0.453. The average molecular weight is 483 g/mol. The summed E-state index contributed by atoms with van der Waals surface area (Å²) in [5, 5.41) is 17.4. The molecule has 34 heavy (non-hydrogen) atoms. The average Bonchev–Trinajstić information content (AvgIpc) is 2.78. The molecule has 1 heterocycles. The molecule has 0 unspecified atom stereocenters. The number of carbonyl (C=O) groups excluding carboxylic acids is 2. The van der Waals surface area contributed by atoms with E-state index in [1.54, 1.807) is 12.1 Å². The summed E-state index contributed by atoms with van der Waals surface area (Å²) in [7, 11) is 0. The lowest BCUT2D eigenvalue weighted by atomic mass is 9.97. The van der Waals surface area contributed by atoms with E-state index in [0.717, 1.165) is 24.3 Å². The number of rotatable bonds is 7. The second-order valence-electron chi connectivity index (χ2n) is 7.95. The Bertz CT molecular complexity index is 985. The monoisotopic (exact) mass is 483 g/mol. The molecular weight excluding hydrogens is 458 g/mol. The van der Waals surface area contributed by atoms with Crippen LogP contribution in [-0.4, -0.2) is 41.9 Å². The number of anilines is 1. The van der Waals surface area contributed by atoms with E-state index < -0.39 is 48.4 Å². The first-order chi connectivity index (χ1) is 16.1. The summed E-state index contributed by atoms with van der Waals surface area (Å²) < 4.78 is 56.9. The number of nitrogens with one attached hydrogen (secondary N) is 3. The van der Waals surface area contributed by atoms with Gasteiger partial charge in [-0.05, 0) is 54.8 Å².